The minimum absolute atomic E-state index is 0.0965. The Bertz CT molecular complexity index is 392. The van der Waals surface area contributed by atoms with Crippen LogP contribution in [0.2, 0.25) is 0 Å². The van der Waals surface area contributed by atoms with Gasteiger partial charge >= 0.3 is 0 Å². The molecule has 3 heteroatoms. The minimum Gasteiger partial charge on any atom is -0.392 e. The van der Waals surface area contributed by atoms with Gasteiger partial charge in [-0.1, -0.05) is 35.3 Å². The van der Waals surface area contributed by atoms with Crippen molar-refractivity contribution in [1.29, 1.82) is 0 Å². The summed E-state index contributed by atoms with van der Waals surface area (Å²) in [5.74, 6) is 0. The SMILES string of the molecule is CCCC1CCCCN1c1ccc(CO)c(Br)c1. The second-order valence-corrected chi connectivity index (χ2v) is 5.92. The van der Waals surface area contributed by atoms with E-state index in [0.717, 1.165) is 16.6 Å². The first-order valence-electron chi connectivity index (χ1n) is 6.92. The normalized spacial score (nSPS) is 20.2. The number of aliphatic hydroxyl groups excluding tert-OH is 1. The van der Waals surface area contributed by atoms with Crippen molar-refractivity contribution in [2.24, 2.45) is 0 Å². The van der Waals surface area contributed by atoms with Crippen LogP contribution in [-0.4, -0.2) is 17.7 Å². The summed E-state index contributed by atoms with van der Waals surface area (Å²) in [6.07, 6.45) is 6.49. The summed E-state index contributed by atoms with van der Waals surface area (Å²) in [4.78, 5) is 2.54. The van der Waals surface area contributed by atoms with Crippen LogP contribution in [0.25, 0.3) is 0 Å². The molecule has 18 heavy (non-hydrogen) atoms. The van der Waals surface area contributed by atoms with Gasteiger partial charge in [0.25, 0.3) is 0 Å². The third kappa shape index (κ3) is 3.07. The topological polar surface area (TPSA) is 23.5 Å². The molecule has 100 valence electrons. The van der Waals surface area contributed by atoms with Crippen LogP contribution >= 0.6 is 15.9 Å². The quantitative estimate of drug-likeness (QED) is 0.905. The number of rotatable bonds is 4. The van der Waals surface area contributed by atoms with Gasteiger partial charge in [0.05, 0.1) is 6.61 Å². The zero-order valence-corrected chi connectivity index (χ0v) is 12.6. The van der Waals surface area contributed by atoms with Crippen LogP contribution in [0.3, 0.4) is 0 Å². The molecule has 1 heterocycles. The molecular weight excluding hydrogens is 290 g/mol. The summed E-state index contributed by atoms with van der Waals surface area (Å²) in [7, 11) is 0. The highest BCUT2D eigenvalue weighted by molar-refractivity contribution is 9.10. The first kappa shape index (κ1) is 13.9. The van der Waals surface area contributed by atoms with Gasteiger partial charge in [0.2, 0.25) is 0 Å². The highest BCUT2D eigenvalue weighted by Gasteiger charge is 2.22. The second kappa shape index (κ2) is 6.58. The predicted molar refractivity (Wildman–Crippen MR) is 80.0 cm³/mol. The molecule has 0 aliphatic carbocycles. The molecule has 1 N–H and O–H groups in total. The van der Waals surface area contributed by atoms with E-state index < -0.39 is 0 Å². The molecule has 0 aromatic heterocycles. The molecule has 0 amide bonds. The van der Waals surface area contributed by atoms with Crippen LogP contribution in [0, 0.1) is 0 Å². The summed E-state index contributed by atoms with van der Waals surface area (Å²) < 4.78 is 1.02. The van der Waals surface area contributed by atoms with Gasteiger partial charge in [-0.25, -0.2) is 0 Å². The molecule has 1 aliphatic heterocycles. The molecule has 1 unspecified atom stereocenters. The van der Waals surface area contributed by atoms with Crippen LogP contribution in [0.5, 0.6) is 0 Å². The molecule has 1 saturated heterocycles. The number of halogens is 1. The summed E-state index contributed by atoms with van der Waals surface area (Å²) >= 11 is 3.55. The third-order valence-electron chi connectivity index (χ3n) is 3.79. The average Bonchev–Trinajstić information content (AvgIpc) is 2.40. The van der Waals surface area contributed by atoms with E-state index in [0.29, 0.717) is 6.04 Å². The molecule has 1 atom stereocenters. The predicted octanol–water partition coefficient (Wildman–Crippen LogP) is 4.10. The third-order valence-corrected chi connectivity index (χ3v) is 4.53. The molecule has 0 saturated carbocycles. The van der Waals surface area contributed by atoms with Crippen molar-refractivity contribution in [2.75, 3.05) is 11.4 Å². The molecule has 0 radical (unpaired) electrons. The summed E-state index contributed by atoms with van der Waals surface area (Å²) in [5, 5.41) is 9.21. The highest BCUT2D eigenvalue weighted by atomic mass is 79.9. The Morgan fingerprint density at radius 1 is 1.39 bits per heavy atom. The maximum atomic E-state index is 9.21. The lowest BCUT2D eigenvalue weighted by molar-refractivity contribution is 0.281. The van der Waals surface area contributed by atoms with Crippen LogP contribution in [0.15, 0.2) is 22.7 Å². The van der Waals surface area contributed by atoms with Gasteiger partial charge in [-0.05, 0) is 43.4 Å². The fourth-order valence-corrected chi connectivity index (χ4v) is 3.31. The lowest BCUT2D eigenvalue weighted by Crippen LogP contribution is -2.39. The lowest BCUT2D eigenvalue weighted by atomic mass is 9.97. The summed E-state index contributed by atoms with van der Waals surface area (Å²) in [6.45, 7) is 3.52. The van der Waals surface area contributed by atoms with Crippen molar-refractivity contribution in [3.63, 3.8) is 0 Å². The molecule has 1 fully saturated rings. The number of nitrogens with zero attached hydrogens (tertiary/aromatic N) is 1. The zero-order chi connectivity index (χ0) is 13.0. The lowest BCUT2D eigenvalue weighted by Gasteiger charge is -2.38. The largest absolute Gasteiger partial charge is 0.392 e. The van der Waals surface area contributed by atoms with E-state index in [4.69, 9.17) is 0 Å². The molecule has 1 aliphatic rings. The molecule has 2 nitrogen and oxygen atoms in total. The van der Waals surface area contributed by atoms with Gasteiger partial charge < -0.3 is 10.0 Å². The molecule has 0 spiro atoms. The first-order valence-corrected chi connectivity index (χ1v) is 7.71. The van der Waals surface area contributed by atoms with E-state index in [1.807, 2.05) is 6.07 Å². The van der Waals surface area contributed by atoms with E-state index in [-0.39, 0.29) is 6.61 Å². The van der Waals surface area contributed by atoms with E-state index in [1.165, 1.54) is 37.8 Å². The summed E-state index contributed by atoms with van der Waals surface area (Å²) in [5.41, 5.74) is 2.25. The number of hydrogen-bond donors (Lipinski definition) is 1. The van der Waals surface area contributed by atoms with Crippen molar-refractivity contribution in [3.05, 3.63) is 28.2 Å². The molecule has 2 rings (SSSR count). The Morgan fingerprint density at radius 2 is 2.22 bits per heavy atom. The maximum Gasteiger partial charge on any atom is 0.0692 e. The number of piperidine rings is 1. The van der Waals surface area contributed by atoms with Crippen molar-refractivity contribution >= 4 is 21.6 Å². The Morgan fingerprint density at radius 3 is 2.89 bits per heavy atom. The van der Waals surface area contributed by atoms with Crippen molar-refractivity contribution in [3.8, 4) is 0 Å². The van der Waals surface area contributed by atoms with Gasteiger partial charge in [-0.3, -0.25) is 0 Å². The van der Waals surface area contributed by atoms with Gasteiger partial charge in [0, 0.05) is 22.7 Å². The fourth-order valence-electron chi connectivity index (χ4n) is 2.82. The van der Waals surface area contributed by atoms with E-state index in [1.54, 1.807) is 0 Å². The summed E-state index contributed by atoms with van der Waals surface area (Å²) in [6, 6.07) is 7.01. The molecule has 1 aromatic carbocycles. The molecular formula is C15H22BrNO. The first-order chi connectivity index (χ1) is 8.76. The highest BCUT2D eigenvalue weighted by Crippen LogP contribution is 2.30. The monoisotopic (exact) mass is 311 g/mol. The standard InChI is InChI=1S/C15H22BrNO/c1-2-5-13-6-3-4-9-17(13)14-8-7-12(11-18)15(16)10-14/h7-8,10,13,18H,2-6,9,11H2,1H3. The van der Waals surface area contributed by atoms with Gasteiger partial charge in [-0.15, -0.1) is 0 Å². The fraction of sp³-hybridized carbons (Fsp3) is 0.600. The van der Waals surface area contributed by atoms with Crippen molar-refractivity contribution < 1.29 is 5.11 Å². The van der Waals surface area contributed by atoms with Crippen molar-refractivity contribution in [2.45, 2.75) is 51.7 Å². The Hall–Kier alpha value is -0.540. The van der Waals surface area contributed by atoms with Crippen LogP contribution in [0.4, 0.5) is 5.69 Å². The minimum atomic E-state index is 0.0965. The Balaban J connectivity index is 2.19. The average molecular weight is 312 g/mol. The number of hydrogen-bond acceptors (Lipinski definition) is 2. The zero-order valence-electron chi connectivity index (χ0n) is 11.0. The van der Waals surface area contributed by atoms with Crippen LogP contribution < -0.4 is 4.90 Å². The maximum absolute atomic E-state index is 9.21. The number of benzene rings is 1. The van der Waals surface area contributed by atoms with Gasteiger partial charge in [-0.2, -0.15) is 0 Å². The van der Waals surface area contributed by atoms with Crippen LogP contribution in [0.1, 0.15) is 44.6 Å². The molecule has 0 bridgehead atoms. The Kier molecular flexibility index (Phi) is 5.07. The van der Waals surface area contributed by atoms with Crippen molar-refractivity contribution in [1.82, 2.24) is 0 Å². The molecule has 1 aromatic rings. The van der Waals surface area contributed by atoms with Gasteiger partial charge in [0.1, 0.15) is 0 Å². The number of anilines is 1. The van der Waals surface area contributed by atoms with Gasteiger partial charge in [0.15, 0.2) is 0 Å². The Labute approximate surface area is 118 Å². The number of aliphatic hydroxyl groups is 1. The van der Waals surface area contributed by atoms with E-state index >= 15 is 0 Å². The second-order valence-electron chi connectivity index (χ2n) is 5.07. The van der Waals surface area contributed by atoms with E-state index in [2.05, 4.69) is 39.9 Å². The van der Waals surface area contributed by atoms with Crippen LogP contribution in [-0.2, 0) is 6.61 Å². The van der Waals surface area contributed by atoms with E-state index in [9.17, 15) is 5.11 Å². The smallest absolute Gasteiger partial charge is 0.0692 e.